The van der Waals surface area contributed by atoms with E-state index in [9.17, 15) is 0 Å². The molecular formula is C15H20N2S. The Hall–Kier alpha value is -1.09. The summed E-state index contributed by atoms with van der Waals surface area (Å²) in [6.45, 7) is 4.49. The highest BCUT2D eigenvalue weighted by atomic mass is 32.1. The molecule has 2 unspecified atom stereocenters. The minimum absolute atomic E-state index is 0.620. The van der Waals surface area contributed by atoms with Gasteiger partial charge in [-0.3, -0.25) is 0 Å². The van der Waals surface area contributed by atoms with Crippen LogP contribution >= 0.6 is 11.3 Å². The average Bonchev–Trinajstić information content (AvgIpc) is 2.73. The second kappa shape index (κ2) is 4.88. The fraction of sp³-hybridized carbons (Fsp3) is 0.533. The average molecular weight is 260 g/mol. The van der Waals surface area contributed by atoms with Crippen LogP contribution in [0.3, 0.4) is 0 Å². The van der Waals surface area contributed by atoms with Gasteiger partial charge in [0, 0.05) is 6.04 Å². The quantitative estimate of drug-likeness (QED) is 0.854. The van der Waals surface area contributed by atoms with E-state index in [-0.39, 0.29) is 0 Å². The van der Waals surface area contributed by atoms with Crippen molar-refractivity contribution in [2.24, 2.45) is 5.92 Å². The van der Waals surface area contributed by atoms with Gasteiger partial charge in [-0.25, -0.2) is 4.98 Å². The number of thiazole rings is 1. The number of rotatable bonds is 2. The Labute approximate surface area is 112 Å². The summed E-state index contributed by atoms with van der Waals surface area (Å²) in [7, 11) is 0. The van der Waals surface area contributed by atoms with Gasteiger partial charge in [-0.05, 0) is 37.3 Å². The SMILES string of the molecule is Cc1cccc2sc(NC3CCCC(C)C3)nc12. The molecule has 1 N–H and O–H groups in total. The van der Waals surface area contributed by atoms with E-state index in [0.29, 0.717) is 6.04 Å². The first-order chi connectivity index (χ1) is 8.72. The van der Waals surface area contributed by atoms with Crippen molar-refractivity contribution in [2.45, 2.75) is 45.6 Å². The summed E-state index contributed by atoms with van der Waals surface area (Å²) < 4.78 is 1.29. The highest BCUT2D eigenvalue weighted by Crippen LogP contribution is 2.31. The first-order valence-corrected chi connectivity index (χ1v) is 7.66. The number of aromatic nitrogens is 1. The molecule has 3 rings (SSSR count). The lowest BCUT2D eigenvalue weighted by Crippen LogP contribution is -2.26. The molecule has 1 aromatic heterocycles. The van der Waals surface area contributed by atoms with Crippen molar-refractivity contribution in [3.8, 4) is 0 Å². The smallest absolute Gasteiger partial charge is 0.184 e. The predicted octanol–water partition coefficient (Wildman–Crippen LogP) is 4.60. The first kappa shape index (κ1) is 12.0. The number of aryl methyl sites for hydroxylation is 1. The third-order valence-corrected chi connectivity index (χ3v) is 4.84. The van der Waals surface area contributed by atoms with Crippen molar-refractivity contribution in [1.29, 1.82) is 0 Å². The van der Waals surface area contributed by atoms with E-state index in [0.717, 1.165) is 16.6 Å². The molecule has 0 aliphatic heterocycles. The molecule has 3 heteroatoms. The van der Waals surface area contributed by atoms with Crippen molar-refractivity contribution in [3.05, 3.63) is 23.8 Å². The van der Waals surface area contributed by atoms with Gasteiger partial charge < -0.3 is 5.32 Å². The van der Waals surface area contributed by atoms with Gasteiger partial charge >= 0.3 is 0 Å². The van der Waals surface area contributed by atoms with Crippen molar-refractivity contribution in [2.75, 3.05) is 5.32 Å². The van der Waals surface area contributed by atoms with E-state index in [1.165, 1.54) is 35.9 Å². The lowest BCUT2D eigenvalue weighted by molar-refractivity contribution is 0.358. The molecule has 96 valence electrons. The molecule has 1 fully saturated rings. The molecule has 1 aromatic carbocycles. The van der Waals surface area contributed by atoms with Crippen LogP contribution in [0.15, 0.2) is 18.2 Å². The molecule has 0 bridgehead atoms. The second-order valence-electron chi connectivity index (χ2n) is 5.55. The molecule has 2 aromatic rings. The predicted molar refractivity (Wildman–Crippen MR) is 79.4 cm³/mol. The van der Waals surface area contributed by atoms with Crippen LogP contribution in [0.5, 0.6) is 0 Å². The number of nitrogens with one attached hydrogen (secondary N) is 1. The molecule has 0 radical (unpaired) electrons. The third-order valence-electron chi connectivity index (χ3n) is 3.88. The number of para-hydroxylation sites is 1. The molecule has 2 nitrogen and oxygen atoms in total. The number of anilines is 1. The molecule has 1 aliphatic carbocycles. The number of nitrogens with zero attached hydrogens (tertiary/aromatic N) is 1. The Morgan fingerprint density at radius 3 is 3.00 bits per heavy atom. The van der Waals surface area contributed by atoms with Crippen LogP contribution < -0.4 is 5.32 Å². The topological polar surface area (TPSA) is 24.9 Å². The van der Waals surface area contributed by atoms with Crippen LogP contribution in [0.4, 0.5) is 5.13 Å². The Bertz CT molecular complexity index is 546. The highest BCUT2D eigenvalue weighted by molar-refractivity contribution is 7.22. The summed E-state index contributed by atoms with van der Waals surface area (Å²) in [4.78, 5) is 4.74. The number of hydrogen-bond donors (Lipinski definition) is 1. The van der Waals surface area contributed by atoms with Crippen LogP contribution in [0.25, 0.3) is 10.2 Å². The maximum Gasteiger partial charge on any atom is 0.184 e. The van der Waals surface area contributed by atoms with Crippen LogP contribution in [0, 0.1) is 12.8 Å². The molecule has 18 heavy (non-hydrogen) atoms. The van der Waals surface area contributed by atoms with Crippen LogP contribution in [0.1, 0.15) is 38.2 Å². The molecule has 1 heterocycles. The second-order valence-corrected chi connectivity index (χ2v) is 6.58. The fourth-order valence-corrected chi connectivity index (χ4v) is 3.91. The molecule has 0 amide bonds. The summed E-state index contributed by atoms with van der Waals surface area (Å²) in [5.41, 5.74) is 2.43. The zero-order valence-electron chi connectivity index (χ0n) is 11.1. The van der Waals surface area contributed by atoms with Gasteiger partial charge in [0.15, 0.2) is 5.13 Å². The van der Waals surface area contributed by atoms with Crippen molar-refractivity contribution >= 4 is 26.7 Å². The van der Waals surface area contributed by atoms with Crippen molar-refractivity contribution < 1.29 is 0 Å². The molecule has 0 saturated heterocycles. The molecule has 1 aliphatic rings. The van der Waals surface area contributed by atoms with Crippen LogP contribution in [-0.2, 0) is 0 Å². The normalized spacial score (nSPS) is 24.3. The van der Waals surface area contributed by atoms with Gasteiger partial charge in [-0.15, -0.1) is 0 Å². The Kier molecular flexibility index (Phi) is 3.25. The van der Waals surface area contributed by atoms with Crippen LogP contribution in [0.2, 0.25) is 0 Å². The van der Waals surface area contributed by atoms with E-state index < -0.39 is 0 Å². The number of fused-ring (bicyclic) bond motifs is 1. The Morgan fingerprint density at radius 1 is 1.33 bits per heavy atom. The van der Waals surface area contributed by atoms with E-state index in [1.54, 1.807) is 11.3 Å². The largest absolute Gasteiger partial charge is 0.359 e. The first-order valence-electron chi connectivity index (χ1n) is 6.85. The van der Waals surface area contributed by atoms with Crippen LogP contribution in [-0.4, -0.2) is 11.0 Å². The van der Waals surface area contributed by atoms with E-state index in [2.05, 4.69) is 37.4 Å². The van der Waals surface area contributed by atoms with E-state index in [1.807, 2.05) is 0 Å². The monoisotopic (exact) mass is 260 g/mol. The minimum atomic E-state index is 0.620. The number of benzene rings is 1. The molecule has 2 atom stereocenters. The van der Waals surface area contributed by atoms with Gasteiger partial charge in [0.25, 0.3) is 0 Å². The van der Waals surface area contributed by atoms with Crippen molar-refractivity contribution in [1.82, 2.24) is 4.98 Å². The van der Waals surface area contributed by atoms with Gasteiger partial charge in [0.2, 0.25) is 0 Å². The zero-order chi connectivity index (χ0) is 12.5. The summed E-state index contributed by atoms with van der Waals surface area (Å²) in [6.07, 6.45) is 5.31. The zero-order valence-corrected chi connectivity index (χ0v) is 11.9. The lowest BCUT2D eigenvalue weighted by Gasteiger charge is -2.27. The summed E-state index contributed by atoms with van der Waals surface area (Å²) in [6, 6.07) is 7.03. The third kappa shape index (κ3) is 2.37. The standard InChI is InChI=1S/C15H20N2S/c1-10-5-3-7-12(9-10)16-15-17-14-11(2)6-4-8-13(14)18-15/h4,6,8,10,12H,3,5,7,9H2,1-2H3,(H,16,17). The summed E-state index contributed by atoms with van der Waals surface area (Å²) >= 11 is 1.78. The maximum absolute atomic E-state index is 4.74. The Balaban J connectivity index is 1.80. The van der Waals surface area contributed by atoms with Gasteiger partial charge in [0.1, 0.15) is 0 Å². The Morgan fingerprint density at radius 2 is 2.22 bits per heavy atom. The van der Waals surface area contributed by atoms with Gasteiger partial charge in [-0.2, -0.15) is 0 Å². The van der Waals surface area contributed by atoms with Gasteiger partial charge in [-0.1, -0.05) is 43.2 Å². The lowest BCUT2D eigenvalue weighted by atomic mass is 9.87. The van der Waals surface area contributed by atoms with E-state index >= 15 is 0 Å². The number of hydrogen-bond acceptors (Lipinski definition) is 3. The summed E-state index contributed by atoms with van der Waals surface area (Å²) in [5, 5.41) is 4.73. The van der Waals surface area contributed by atoms with Crippen molar-refractivity contribution in [3.63, 3.8) is 0 Å². The summed E-state index contributed by atoms with van der Waals surface area (Å²) in [5.74, 6) is 0.854. The fourth-order valence-electron chi connectivity index (χ4n) is 2.89. The highest BCUT2D eigenvalue weighted by Gasteiger charge is 2.19. The molecule has 0 spiro atoms. The molecular weight excluding hydrogens is 240 g/mol. The van der Waals surface area contributed by atoms with E-state index in [4.69, 9.17) is 4.98 Å². The van der Waals surface area contributed by atoms with Gasteiger partial charge in [0.05, 0.1) is 10.2 Å². The minimum Gasteiger partial charge on any atom is -0.359 e. The molecule has 1 saturated carbocycles. The maximum atomic E-state index is 4.74.